The summed E-state index contributed by atoms with van der Waals surface area (Å²) in [6.07, 6.45) is 4.90. The normalized spacial score (nSPS) is 15.6. The van der Waals surface area contributed by atoms with Crippen molar-refractivity contribution in [3.8, 4) is 11.1 Å². The first-order valence-electron chi connectivity index (χ1n) is 9.97. The second-order valence-corrected chi connectivity index (χ2v) is 7.10. The van der Waals surface area contributed by atoms with Gasteiger partial charge in [-0.3, -0.25) is 4.79 Å². The minimum atomic E-state index is -0.730. The van der Waals surface area contributed by atoms with Crippen LogP contribution in [-0.4, -0.2) is 29.2 Å². The van der Waals surface area contributed by atoms with Crippen molar-refractivity contribution >= 4 is 17.6 Å². The molecule has 0 N–H and O–H groups in total. The molecule has 5 rings (SSSR count). The van der Waals surface area contributed by atoms with E-state index in [9.17, 15) is 9.59 Å². The van der Waals surface area contributed by atoms with Gasteiger partial charge in [-0.2, -0.15) is 5.10 Å². The highest BCUT2D eigenvalue weighted by atomic mass is 16.5. The molecule has 8 nitrogen and oxygen atoms in total. The summed E-state index contributed by atoms with van der Waals surface area (Å²) in [5.74, 6) is -0.0441. The Morgan fingerprint density at radius 3 is 2.50 bits per heavy atom. The molecule has 160 valence electrons. The van der Waals surface area contributed by atoms with Crippen LogP contribution < -0.4 is 0 Å². The van der Waals surface area contributed by atoms with Crippen molar-refractivity contribution < 1.29 is 27.6 Å². The van der Waals surface area contributed by atoms with Crippen LogP contribution in [0, 0.1) is 0 Å². The fourth-order valence-corrected chi connectivity index (χ4v) is 3.61. The average molecular weight is 430 g/mol. The highest BCUT2D eigenvalue weighted by Crippen LogP contribution is 2.33. The highest BCUT2D eigenvalue weighted by molar-refractivity contribution is 6.01. The fourth-order valence-electron chi connectivity index (χ4n) is 3.61. The Morgan fingerprint density at radius 2 is 1.75 bits per heavy atom. The van der Waals surface area contributed by atoms with Gasteiger partial charge in [0.25, 0.3) is 5.91 Å². The van der Waals surface area contributed by atoms with E-state index in [1.54, 1.807) is 36.6 Å². The van der Waals surface area contributed by atoms with Crippen molar-refractivity contribution in [2.24, 2.45) is 5.10 Å². The van der Waals surface area contributed by atoms with Gasteiger partial charge in [-0.15, -0.1) is 0 Å². The molecule has 0 fully saturated rings. The van der Waals surface area contributed by atoms with Crippen LogP contribution in [0.4, 0.5) is 0 Å². The topological polar surface area (TPSA) is 98.4 Å². The summed E-state index contributed by atoms with van der Waals surface area (Å²) < 4.78 is 21.5. The van der Waals surface area contributed by atoms with E-state index in [0.29, 0.717) is 29.2 Å². The van der Waals surface area contributed by atoms with E-state index in [-0.39, 0.29) is 5.76 Å². The molecule has 4 aromatic rings. The minimum absolute atomic E-state index is 0.0350. The number of carbonyl (C=O) groups is 2. The molecule has 0 aliphatic carbocycles. The van der Waals surface area contributed by atoms with E-state index in [4.69, 9.17) is 18.0 Å². The number of hydrogen-bond donors (Lipinski definition) is 0. The fraction of sp³-hybridized carbons (Fsp3) is 0.125. The zero-order chi connectivity index (χ0) is 21.9. The van der Waals surface area contributed by atoms with Gasteiger partial charge in [0.05, 0.1) is 18.8 Å². The van der Waals surface area contributed by atoms with Crippen molar-refractivity contribution in [1.29, 1.82) is 0 Å². The van der Waals surface area contributed by atoms with E-state index >= 15 is 0 Å². The molecule has 4 heterocycles. The zero-order valence-electron chi connectivity index (χ0n) is 16.8. The van der Waals surface area contributed by atoms with Crippen LogP contribution in [-0.2, 0) is 9.53 Å². The molecule has 1 atom stereocenters. The highest BCUT2D eigenvalue weighted by Gasteiger charge is 2.36. The number of ether oxygens (including phenoxy) is 1. The quantitative estimate of drug-likeness (QED) is 0.412. The average Bonchev–Trinajstić information content (AvgIpc) is 3.63. The summed E-state index contributed by atoms with van der Waals surface area (Å²) in [6, 6.07) is 17.6. The molecular formula is C24H18N2O6. The van der Waals surface area contributed by atoms with Gasteiger partial charge in [-0.25, -0.2) is 9.80 Å². The molecule has 0 saturated carbocycles. The van der Waals surface area contributed by atoms with Crippen LogP contribution in [0.2, 0.25) is 0 Å². The molecule has 1 aromatic carbocycles. The summed E-state index contributed by atoms with van der Waals surface area (Å²) in [5.41, 5.74) is 2.01. The molecule has 0 bridgehead atoms. The Balaban J connectivity index is 1.32. The number of carbonyl (C=O) groups excluding carboxylic acids is 2. The van der Waals surface area contributed by atoms with Gasteiger partial charge in [0.1, 0.15) is 23.3 Å². The van der Waals surface area contributed by atoms with Gasteiger partial charge in [0.2, 0.25) is 5.76 Å². The maximum Gasteiger partial charge on any atom is 0.375 e. The second kappa shape index (κ2) is 8.43. The number of benzene rings is 1. The van der Waals surface area contributed by atoms with Crippen LogP contribution >= 0.6 is 0 Å². The molecular weight excluding hydrogens is 412 g/mol. The number of hydrogen-bond acceptors (Lipinski definition) is 7. The van der Waals surface area contributed by atoms with Crippen molar-refractivity contribution in [1.82, 2.24) is 5.01 Å². The first-order valence-corrected chi connectivity index (χ1v) is 9.97. The van der Waals surface area contributed by atoms with E-state index in [1.807, 2.05) is 30.3 Å². The van der Waals surface area contributed by atoms with Gasteiger partial charge in [-0.1, -0.05) is 30.3 Å². The number of hydrazone groups is 1. The number of furan rings is 3. The third kappa shape index (κ3) is 3.74. The Hall–Kier alpha value is -4.33. The number of nitrogens with zero attached hydrogens (tertiary/aromatic N) is 2. The van der Waals surface area contributed by atoms with E-state index < -0.39 is 24.5 Å². The van der Waals surface area contributed by atoms with Crippen LogP contribution in [0.3, 0.4) is 0 Å². The van der Waals surface area contributed by atoms with E-state index in [1.165, 1.54) is 17.5 Å². The standard InChI is InChI=1S/C24H18N2O6/c27-22(15-32-24(28)23-17(10-13-31-23)16-6-2-1-3-7-16)26-19(21-9-5-12-30-21)14-18(25-26)20-8-4-11-29-20/h1-13,19H,14-15H2. The SMILES string of the molecule is O=C(OCC(=O)N1N=C(c2ccco2)CC1c1ccco1)c1occc1-c1ccccc1. The molecule has 1 amide bonds. The van der Waals surface area contributed by atoms with Crippen LogP contribution in [0.1, 0.15) is 34.5 Å². The second-order valence-electron chi connectivity index (χ2n) is 7.10. The van der Waals surface area contributed by atoms with Crippen LogP contribution in [0.15, 0.2) is 97.8 Å². The summed E-state index contributed by atoms with van der Waals surface area (Å²) in [6.45, 7) is -0.500. The lowest BCUT2D eigenvalue weighted by molar-refractivity contribution is -0.136. The number of amides is 1. The first-order chi connectivity index (χ1) is 15.7. The van der Waals surface area contributed by atoms with E-state index in [0.717, 1.165) is 5.56 Å². The lowest BCUT2D eigenvalue weighted by atomic mass is 10.1. The van der Waals surface area contributed by atoms with Crippen LogP contribution in [0.25, 0.3) is 11.1 Å². The predicted octanol–water partition coefficient (Wildman–Crippen LogP) is 4.67. The number of esters is 1. The van der Waals surface area contributed by atoms with E-state index in [2.05, 4.69) is 5.10 Å². The monoisotopic (exact) mass is 430 g/mol. The third-order valence-electron chi connectivity index (χ3n) is 5.11. The molecule has 32 heavy (non-hydrogen) atoms. The molecule has 0 spiro atoms. The lowest BCUT2D eigenvalue weighted by Crippen LogP contribution is -2.31. The molecule has 0 saturated heterocycles. The Kier molecular flexibility index (Phi) is 5.17. The van der Waals surface area contributed by atoms with Crippen molar-refractivity contribution in [2.45, 2.75) is 12.5 Å². The Bertz CT molecular complexity index is 1240. The first kappa shape index (κ1) is 19.6. The zero-order valence-corrected chi connectivity index (χ0v) is 16.8. The summed E-state index contributed by atoms with van der Waals surface area (Å²) in [7, 11) is 0. The van der Waals surface area contributed by atoms with Crippen molar-refractivity contribution in [3.05, 3.63) is 96.7 Å². The predicted molar refractivity (Wildman–Crippen MR) is 113 cm³/mol. The smallest absolute Gasteiger partial charge is 0.375 e. The maximum atomic E-state index is 12.9. The third-order valence-corrected chi connectivity index (χ3v) is 5.11. The molecule has 8 heteroatoms. The molecule has 1 unspecified atom stereocenters. The van der Waals surface area contributed by atoms with Gasteiger partial charge in [-0.05, 0) is 35.9 Å². The number of rotatable bonds is 6. The maximum absolute atomic E-state index is 12.9. The summed E-state index contributed by atoms with van der Waals surface area (Å²) in [4.78, 5) is 25.6. The molecule has 1 aliphatic heterocycles. The van der Waals surface area contributed by atoms with Crippen molar-refractivity contribution in [2.75, 3.05) is 6.61 Å². The van der Waals surface area contributed by atoms with Gasteiger partial charge >= 0.3 is 5.97 Å². The Morgan fingerprint density at radius 1 is 0.938 bits per heavy atom. The molecule has 0 radical (unpaired) electrons. The van der Waals surface area contributed by atoms with Gasteiger partial charge in [0.15, 0.2) is 6.61 Å². The minimum Gasteiger partial charge on any atom is -0.467 e. The van der Waals surface area contributed by atoms with Gasteiger partial charge in [0, 0.05) is 12.0 Å². The molecule has 3 aromatic heterocycles. The lowest BCUT2D eigenvalue weighted by Gasteiger charge is -2.19. The Labute approximate surface area is 182 Å². The van der Waals surface area contributed by atoms with Crippen molar-refractivity contribution in [3.63, 3.8) is 0 Å². The largest absolute Gasteiger partial charge is 0.467 e. The summed E-state index contributed by atoms with van der Waals surface area (Å²) >= 11 is 0. The van der Waals surface area contributed by atoms with Crippen LogP contribution in [0.5, 0.6) is 0 Å². The molecule has 1 aliphatic rings. The van der Waals surface area contributed by atoms with Gasteiger partial charge < -0.3 is 18.0 Å². The summed E-state index contributed by atoms with van der Waals surface area (Å²) in [5, 5.41) is 5.67.